The van der Waals surface area contributed by atoms with E-state index in [0.29, 0.717) is 18.0 Å². The van der Waals surface area contributed by atoms with Gasteiger partial charge in [-0.15, -0.1) is 11.8 Å². The highest BCUT2D eigenvalue weighted by Gasteiger charge is 2.27. The summed E-state index contributed by atoms with van der Waals surface area (Å²) >= 11 is 1.72. The molecular weight excluding hydrogens is 456 g/mol. The third kappa shape index (κ3) is 7.00. The zero-order chi connectivity index (χ0) is 23.7. The molecule has 0 aliphatic heterocycles. The van der Waals surface area contributed by atoms with Gasteiger partial charge in [-0.25, -0.2) is 8.42 Å². The highest BCUT2D eigenvalue weighted by Crippen LogP contribution is 2.25. The quantitative estimate of drug-likeness (QED) is 0.320. The first kappa shape index (κ1) is 24.7. The maximum Gasteiger partial charge on any atom is 0.264 e. The minimum atomic E-state index is -3.95. The van der Waals surface area contributed by atoms with Crippen molar-refractivity contribution in [2.24, 2.45) is 0 Å². The first-order chi connectivity index (χ1) is 15.9. The Balaban J connectivity index is 1.66. The molecular formula is C25H28N2O4S2. The zero-order valence-electron chi connectivity index (χ0n) is 18.7. The molecule has 0 aliphatic carbocycles. The van der Waals surface area contributed by atoms with Crippen molar-refractivity contribution in [3.8, 4) is 5.75 Å². The second kappa shape index (κ2) is 11.8. The van der Waals surface area contributed by atoms with Crippen molar-refractivity contribution >= 4 is 33.4 Å². The number of anilines is 1. The number of nitrogens with zero attached hydrogens (tertiary/aromatic N) is 1. The normalized spacial score (nSPS) is 11.1. The summed E-state index contributed by atoms with van der Waals surface area (Å²) in [4.78, 5) is 13.9. The standard InChI is InChI=1S/C25H28N2O4S2/c1-20-9-11-21(12-10-20)27(33(29,30)24-15-13-22(31-2)14-16-24)19-25(28)26-17-6-18-32-23-7-4-3-5-8-23/h3-5,7-16H,6,17-19H2,1-2H3,(H,26,28). The van der Waals surface area contributed by atoms with Crippen molar-refractivity contribution in [3.63, 3.8) is 0 Å². The minimum Gasteiger partial charge on any atom is -0.497 e. The van der Waals surface area contributed by atoms with Crippen LogP contribution in [-0.2, 0) is 14.8 Å². The van der Waals surface area contributed by atoms with Gasteiger partial charge in [0.15, 0.2) is 0 Å². The van der Waals surface area contributed by atoms with Gasteiger partial charge in [0.1, 0.15) is 12.3 Å². The summed E-state index contributed by atoms with van der Waals surface area (Å²) in [6, 6.07) is 23.3. The molecule has 0 fully saturated rings. The summed E-state index contributed by atoms with van der Waals surface area (Å²) in [7, 11) is -2.43. The molecule has 0 heterocycles. The van der Waals surface area contributed by atoms with E-state index >= 15 is 0 Å². The van der Waals surface area contributed by atoms with E-state index < -0.39 is 10.0 Å². The maximum absolute atomic E-state index is 13.4. The van der Waals surface area contributed by atoms with Crippen molar-refractivity contribution in [2.75, 3.05) is 30.3 Å². The van der Waals surface area contributed by atoms with Crippen molar-refractivity contribution in [1.82, 2.24) is 5.32 Å². The molecule has 0 atom stereocenters. The van der Waals surface area contributed by atoms with E-state index in [9.17, 15) is 13.2 Å². The molecule has 3 aromatic carbocycles. The fourth-order valence-corrected chi connectivity index (χ4v) is 5.39. The monoisotopic (exact) mass is 484 g/mol. The lowest BCUT2D eigenvalue weighted by atomic mass is 10.2. The Hall–Kier alpha value is -2.97. The molecule has 0 aliphatic rings. The highest BCUT2D eigenvalue weighted by atomic mass is 32.2. The molecule has 1 N–H and O–H groups in total. The second-order valence-electron chi connectivity index (χ2n) is 7.39. The van der Waals surface area contributed by atoms with Crippen LogP contribution >= 0.6 is 11.8 Å². The largest absolute Gasteiger partial charge is 0.497 e. The number of hydrogen-bond donors (Lipinski definition) is 1. The molecule has 0 spiro atoms. The first-order valence-corrected chi connectivity index (χ1v) is 13.0. The molecule has 3 rings (SSSR count). The van der Waals surface area contributed by atoms with Crippen LogP contribution in [0.1, 0.15) is 12.0 Å². The van der Waals surface area contributed by atoms with Crippen LogP contribution in [-0.4, -0.2) is 40.3 Å². The lowest BCUT2D eigenvalue weighted by molar-refractivity contribution is -0.119. The number of aryl methyl sites for hydroxylation is 1. The summed E-state index contributed by atoms with van der Waals surface area (Å²) in [6.07, 6.45) is 0.779. The molecule has 6 nitrogen and oxygen atoms in total. The molecule has 0 unspecified atom stereocenters. The SMILES string of the molecule is COc1ccc(S(=O)(=O)N(CC(=O)NCCCSc2ccccc2)c2ccc(C)cc2)cc1. The summed E-state index contributed by atoms with van der Waals surface area (Å²) in [6.45, 7) is 2.10. The highest BCUT2D eigenvalue weighted by molar-refractivity contribution is 7.99. The van der Waals surface area contributed by atoms with Crippen LogP contribution in [0.2, 0.25) is 0 Å². The van der Waals surface area contributed by atoms with Crippen molar-refractivity contribution < 1.29 is 17.9 Å². The lowest BCUT2D eigenvalue weighted by Gasteiger charge is -2.24. The molecule has 33 heavy (non-hydrogen) atoms. The van der Waals surface area contributed by atoms with E-state index in [1.807, 2.05) is 49.4 Å². The number of benzene rings is 3. The van der Waals surface area contributed by atoms with Crippen molar-refractivity contribution in [2.45, 2.75) is 23.1 Å². The van der Waals surface area contributed by atoms with Gasteiger partial charge in [0, 0.05) is 11.4 Å². The zero-order valence-corrected chi connectivity index (χ0v) is 20.4. The van der Waals surface area contributed by atoms with Crippen LogP contribution in [0.4, 0.5) is 5.69 Å². The minimum absolute atomic E-state index is 0.0935. The van der Waals surface area contributed by atoms with E-state index in [1.165, 1.54) is 24.1 Å². The van der Waals surface area contributed by atoms with Crippen LogP contribution in [0.15, 0.2) is 88.7 Å². The molecule has 1 amide bonds. The van der Waals surface area contributed by atoms with Crippen molar-refractivity contribution in [3.05, 3.63) is 84.4 Å². The Morgan fingerprint density at radius 3 is 2.27 bits per heavy atom. The van der Waals surface area contributed by atoms with E-state index in [2.05, 4.69) is 5.32 Å². The smallest absolute Gasteiger partial charge is 0.264 e. The summed E-state index contributed by atoms with van der Waals surface area (Å²) in [5.41, 5.74) is 1.44. The van der Waals surface area contributed by atoms with Gasteiger partial charge in [-0.1, -0.05) is 35.9 Å². The summed E-state index contributed by atoms with van der Waals surface area (Å²) in [5.74, 6) is 1.06. The second-order valence-corrected chi connectivity index (χ2v) is 10.4. The average Bonchev–Trinajstić information content (AvgIpc) is 2.83. The third-order valence-electron chi connectivity index (χ3n) is 4.91. The number of sulfonamides is 1. The predicted molar refractivity (Wildman–Crippen MR) is 133 cm³/mol. The third-order valence-corrected chi connectivity index (χ3v) is 7.80. The van der Waals surface area contributed by atoms with Crippen LogP contribution < -0.4 is 14.4 Å². The number of carbonyl (C=O) groups excluding carboxylic acids is 1. The summed E-state index contributed by atoms with van der Waals surface area (Å²) in [5, 5.41) is 2.84. The summed E-state index contributed by atoms with van der Waals surface area (Å²) < 4.78 is 33.0. The maximum atomic E-state index is 13.4. The van der Waals surface area contributed by atoms with Crippen LogP contribution in [0, 0.1) is 6.92 Å². The van der Waals surface area contributed by atoms with Crippen LogP contribution in [0.5, 0.6) is 5.75 Å². The first-order valence-electron chi connectivity index (χ1n) is 10.6. The van der Waals surface area contributed by atoms with E-state index in [4.69, 9.17) is 4.74 Å². The Morgan fingerprint density at radius 2 is 1.64 bits per heavy atom. The molecule has 3 aromatic rings. The number of rotatable bonds is 11. The molecule has 0 saturated carbocycles. The number of nitrogens with one attached hydrogen (secondary N) is 1. The fourth-order valence-electron chi connectivity index (χ4n) is 3.09. The van der Waals surface area contributed by atoms with Gasteiger partial charge in [-0.05, 0) is 67.6 Å². The number of methoxy groups -OCH3 is 1. The van der Waals surface area contributed by atoms with E-state index in [-0.39, 0.29) is 17.3 Å². The number of carbonyl (C=O) groups is 1. The van der Waals surface area contributed by atoms with Gasteiger partial charge in [0.05, 0.1) is 17.7 Å². The van der Waals surface area contributed by atoms with Gasteiger partial charge in [0.2, 0.25) is 5.91 Å². The van der Waals surface area contributed by atoms with Crippen LogP contribution in [0.3, 0.4) is 0 Å². The Labute approximate surface area is 200 Å². The average molecular weight is 485 g/mol. The molecule has 174 valence electrons. The molecule has 0 aromatic heterocycles. The Kier molecular flexibility index (Phi) is 8.79. The Morgan fingerprint density at radius 1 is 0.970 bits per heavy atom. The van der Waals surface area contributed by atoms with E-state index in [0.717, 1.165) is 22.0 Å². The number of ether oxygens (including phenoxy) is 1. The van der Waals surface area contributed by atoms with Gasteiger partial charge in [-0.3, -0.25) is 9.10 Å². The predicted octanol–water partition coefficient (Wildman–Crippen LogP) is 4.50. The Bertz CT molecular complexity index is 1130. The molecule has 0 saturated heterocycles. The molecule has 0 bridgehead atoms. The topological polar surface area (TPSA) is 75.7 Å². The van der Waals surface area contributed by atoms with Gasteiger partial charge < -0.3 is 10.1 Å². The fraction of sp³-hybridized carbons (Fsp3) is 0.240. The number of amides is 1. The van der Waals surface area contributed by atoms with Crippen molar-refractivity contribution in [1.29, 1.82) is 0 Å². The lowest BCUT2D eigenvalue weighted by Crippen LogP contribution is -2.41. The van der Waals surface area contributed by atoms with Gasteiger partial charge >= 0.3 is 0 Å². The molecule has 8 heteroatoms. The molecule has 0 radical (unpaired) electrons. The number of hydrogen-bond acceptors (Lipinski definition) is 5. The van der Waals surface area contributed by atoms with Crippen LogP contribution in [0.25, 0.3) is 0 Å². The van der Waals surface area contributed by atoms with Gasteiger partial charge in [-0.2, -0.15) is 0 Å². The van der Waals surface area contributed by atoms with Gasteiger partial charge in [0.25, 0.3) is 10.0 Å². The van der Waals surface area contributed by atoms with E-state index in [1.54, 1.807) is 36.0 Å². The number of thioether (sulfide) groups is 1.